The number of methoxy groups -OCH3 is 3. The zero-order chi connectivity index (χ0) is 37.1. The number of halogens is 1. The largest absolute Gasteiger partial charge is 0.496 e. The number of pyridine rings is 1. The summed E-state index contributed by atoms with van der Waals surface area (Å²) in [6.07, 6.45) is 6.42. The third-order valence-electron chi connectivity index (χ3n) is 9.76. The molecule has 53 heavy (non-hydrogen) atoms. The summed E-state index contributed by atoms with van der Waals surface area (Å²) in [6, 6.07) is 14.2. The minimum absolute atomic E-state index is 0. The number of benzene rings is 2. The lowest BCUT2D eigenvalue weighted by Crippen LogP contribution is -2.49. The molecule has 3 N–H and O–H groups in total. The van der Waals surface area contributed by atoms with Crippen molar-refractivity contribution in [3.8, 4) is 22.6 Å². The first-order valence-electron chi connectivity index (χ1n) is 17.4. The molecule has 0 saturated carbocycles. The number of carbonyl (C=O) groups excluding carboxylic acids is 3. The molecule has 1 saturated heterocycles. The highest BCUT2D eigenvalue weighted by atomic mass is 19.1. The number of nitrogens with zero attached hydrogens (tertiary/aromatic N) is 5. The number of aromatic nitrogens is 2. The summed E-state index contributed by atoms with van der Waals surface area (Å²) in [7, 11) is 4.41. The van der Waals surface area contributed by atoms with Crippen molar-refractivity contribution in [3.63, 3.8) is 0 Å². The summed E-state index contributed by atoms with van der Waals surface area (Å²) >= 11 is 0. The van der Waals surface area contributed by atoms with E-state index in [1.54, 1.807) is 52.4 Å². The Labute approximate surface area is 307 Å². The SMILES string of the molecule is COC(=O)c1ccc(OC)c(N2CCN(C(=O)c3cc4c(-c5ccccc5OC)cc(C5=CCCN(C(=O)CCN6C=CNN6)C5)c(F)c4[nH]3)CC2)n1.[HH]. The molecule has 5 heterocycles. The average molecular weight is 727 g/mol. The normalized spacial score (nSPS) is 15.7. The standard InChI is InChI=1S/C38H41FN8O6.H2/c1-51-31-9-5-4-8-25(31)27-21-26(24-7-6-14-46(23-24)33(48)12-15-47-16-13-40-43-47)34(39)35-28(27)22-30(41-35)37(49)45-19-17-44(18-20-45)36-32(52-2)11-10-29(42-36)38(50)53-3;/h4-5,7-11,13,16,21-22,40-41,43H,6,12,14-15,17-20,23H2,1-3H3;1H. The van der Waals surface area contributed by atoms with Gasteiger partial charge in [0.1, 0.15) is 11.4 Å². The summed E-state index contributed by atoms with van der Waals surface area (Å²) in [5, 5.41) is 2.32. The number of fused-ring (bicyclic) bond motifs is 1. The highest BCUT2D eigenvalue weighted by Crippen LogP contribution is 2.40. The number of esters is 1. The lowest BCUT2D eigenvalue weighted by Gasteiger charge is -2.35. The molecule has 14 nitrogen and oxygen atoms in total. The van der Waals surface area contributed by atoms with E-state index in [9.17, 15) is 14.4 Å². The van der Waals surface area contributed by atoms with Gasteiger partial charge in [0.2, 0.25) is 5.91 Å². The van der Waals surface area contributed by atoms with Gasteiger partial charge in [-0.25, -0.2) is 14.2 Å². The molecule has 15 heteroatoms. The molecular weight excluding hydrogens is 683 g/mol. The summed E-state index contributed by atoms with van der Waals surface area (Å²) in [6.45, 7) is 2.84. The number of hydrogen-bond acceptors (Lipinski definition) is 11. The first kappa shape index (κ1) is 35.3. The molecule has 0 unspecified atom stereocenters. The fourth-order valence-corrected chi connectivity index (χ4v) is 6.97. The van der Waals surface area contributed by atoms with Crippen LogP contribution in [0.25, 0.3) is 27.6 Å². The van der Waals surface area contributed by atoms with E-state index >= 15 is 4.39 Å². The Kier molecular flexibility index (Phi) is 10.2. The van der Waals surface area contributed by atoms with Crippen LogP contribution in [-0.2, 0) is 9.53 Å². The van der Waals surface area contributed by atoms with E-state index in [1.165, 1.54) is 14.2 Å². The molecule has 2 aromatic carbocycles. The lowest BCUT2D eigenvalue weighted by atomic mass is 9.93. The van der Waals surface area contributed by atoms with Crippen molar-refractivity contribution in [2.45, 2.75) is 12.8 Å². The van der Waals surface area contributed by atoms with E-state index in [0.29, 0.717) is 91.5 Å². The monoisotopic (exact) mass is 726 g/mol. The van der Waals surface area contributed by atoms with Crippen LogP contribution in [0.1, 0.15) is 40.8 Å². The van der Waals surface area contributed by atoms with Crippen LogP contribution >= 0.6 is 0 Å². The highest BCUT2D eigenvalue weighted by molar-refractivity contribution is 6.05. The maximum absolute atomic E-state index is 16.7. The van der Waals surface area contributed by atoms with Crippen LogP contribution in [0.3, 0.4) is 0 Å². The molecule has 2 aromatic heterocycles. The lowest BCUT2D eigenvalue weighted by molar-refractivity contribution is -0.131. The van der Waals surface area contributed by atoms with Gasteiger partial charge in [-0.1, -0.05) is 24.3 Å². The van der Waals surface area contributed by atoms with Gasteiger partial charge < -0.3 is 39.3 Å². The first-order valence-corrected chi connectivity index (χ1v) is 17.4. The van der Waals surface area contributed by atoms with Crippen molar-refractivity contribution in [3.05, 3.63) is 89.8 Å². The average Bonchev–Trinajstić information content (AvgIpc) is 3.91. The molecule has 0 atom stereocenters. The Balaban J connectivity index is 0.00000497. The van der Waals surface area contributed by atoms with E-state index in [2.05, 4.69) is 20.9 Å². The molecule has 4 aromatic rings. The molecule has 3 aliphatic rings. The smallest absolute Gasteiger partial charge is 0.356 e. The number of anilines is 1. The zero-order valence-corrected chi connectivity index (χ0v) is 29.8. The van der Waals surface area contributed by atoms with Crippen molar-refractivity contribution in [2.24, 2.45) is 0 Å². The number of aromatic amines is 1. The Morgan fingerprint density at radius 3 is 2.43 bits per heavy atom. The van der Waals surface area contributed by atoms with Crippen LogP contribution in [0.15, 0.2) is 67.0 Å². The van der Waals surface area contributed by atoms with Crippen LogP contribution in [0.2, 0.25) is 0 Å². The first-order chi connectivity index (χ1) is 25.8. The predicted molar refractivity (Wildman–Crippen MR) is 199 cm³/mol. The second-order valence-corrected chi connectivity index (χ2v) is 12.8. The minimum Gasteiger partial charge on any atom is -0.496 e. The maximum Gasteiger partial charge on any atom is 0.356 e. The predicted octanol–water partition coefficient (Wildman–Crippen LogP) is 4.18. The molecule has 1 fully saturated rings. The number of amides is 2. The molecule has 0 spiro atoms. The second-order valence-electron chi connectivity index (χ2n) is 12.8. The number of H-pyrrole nitrogens is 1. The molecule has 3 aliphatic heterocycles. The maximum atomic E-state index is 16.7. The van der Waals surface area contributed by atoms with Gasteiger partial charge in [-0.3, -0.25) is 14.6 Å². The Hall–Kier alpha value is -6.09. The number of para-hydroxylation sites is 1. The van der Waals surface area contributed by atoms with Crippen molar-refractivity contribution < 1.29 is 34.4 Å². The van der Waals surface area contributed by atoms with Crippen molar-refractivity contribution in [1.29, 1.82) is 0 Å². The Bertz CT molecular complexity index is 2110. The van der Waals surface area contributed by atoms with Gasteiger partial charge >= 0.3 is 5.97 Å². The van der Waals surface area contributed by atoms with E-state index < -0.39 is 11.8 Å². The summed E-state index contributed by atoms with van der Waals surface area (Å²) in [5.41, 5.74) is 8.88. The van der Waals surface area contributed by atoms with Crippen LogP contribution in [-0.4, -0.2) is 110 Å². The zero-order valence-electron chi connectivity index (χ0n) is 29.8. The number of hydrazine groups is 2. The molecule has 278 valence electrons. The van der Waals surface area contributed by atoms with Gasteiger partial charge in [0.05, 0.1) is 26.8 Å². The van der Waals surface area contributed by atoms with Crippen molar-refractivity contribution in [2.75, 3.05) is 72.0 Å². The van der Waals surface area contributed by atoms with Crippen molar-refractivity contribution >= 4 is 40.1 Å². The molecule has 7 rings (SSSR count). The van der Waals surface area contributed by atoms with Gasteiger partial charge in [-0.05, 0) is 47.9 Å². The fraction of sp³-hybridized carbons (Fsp3) is 0.316. The van der Waals surface area contributed by atoms with Gasteiger partial charge in [-0.15, -0.1) is 5.53 Å². The van der Waals surface area contributed by atoms with Crippen LogP contribution < -0.4 is 25.3 Å². The van der Waals surface area contributed by atoms with Crippen LogP contribution in [0, 0.1) is 5.82 Å². The minimum atomic E-state index is -0.559. The second kappa shape index (κ2) is 15.3. The summed E-state index contributed by atoms with van der Waals surface area (Å²) in [4.78, 5) is 52.4. The van der Waals surface area contributed by atoms with E-state index in [0.717, 1.165) is 5.56 Å². The number of rotatable bonds is 10. The molecule has 0 radical (unpaired) electrons. The number of nitrogens with one attached hydrogen (secondary N) is 3. The third-order valence-corrected chi connectivity index (χ3v) is 9.76. The number of ether oxygens (including phenoxy) is 3. The number of carbonyl (C=O) groups is 3. The quantitative estimate of drug-likeness (QED) is 0.203. The fourth-order valence-electron chi connectivity index (χ4n) is 6.97. The topological polar surface area (TPSA) is 145 Å². The van der Waals surface area contributed by atoms with Crippen molar-refractivity contribution in [1.82, 2.24) is 35.7 Å². The Morgan fingerprint density at radius 1 is 0.906 bits per heavy atom. The molecule has 2 amide bonds. The summed E-state index contributed by atoms with van der Waals surface area (Å²) in [5.74, 6) is 0.230. The van der Waals surface area contributed by atoms with Gasteiger partial charge in [0, 0.05) is 82.6 Å². The number of hydrogen-bond donors (Lipinski definition) is 3. The van der Waals surface area contributed by atoms with Gasteiger partial charge in [0.15, 0.2) is 23.1 Å². The highest BCUT2D eigenvalue weighted by Gasteiger charge is 2.29. The van der Waals surface area contributed by atoms with E-state index in [1.807, 2.05) is 41.4 Å². The number of piperazine rings is 1. The van der Waals surface area contributed by atoms with Crippen LogP contribution in [0.5, 0.6) is 11.5 Å². The van der Waals surface area contributed by atoms with Gasteiger partial charge in [-0.2, -0.15) is 0 Å². The van der Waals surface area contributed by atoms with E-state index in [-0.39, 0.29) is 36.7 Å². The molecular formula is C38H43FN8O6. The molecule has 0 bridgehead atoms. The van der Waals surface area contributed by atoms with E-state index in [4.69, 9.17) is 14.2 Å². The van der Waals surface area contributed by atoms with Gasteiger partial charge in [0.25, 0.3) is 5.91 Å². The molecule has 0 aliphatic carbocycles. The van der Waals surface area contributed by atoms with Crippen LogP contribution in [0.4, 0.5) is 10.2 Å². The third kappa shape index (κ3) is 7.07. The summed E-state index contributed by atoms with van der Waals surface area (Å²) < 4.78 is 32.8. The Morgan fingerprint density at radius 2 is 1.70 bits per heavy atom.